The number of hydrogen-bond donors (Lipinski definition) is 9. The molecule has 4 amide bonds. The van der Waals surface area contributed by atoms with E-state index in [9.17, 15) is 42.3 Å². The van der Waals surface area contributed by atoms with Crippen LogP contribution in [0.15, 0.2) is 0 Å². The van der Waals surface area contributed by atoms with E-state index in [1.807, 2.05) is 0 Å². The summed E-state index contributed by atoms with van der Waals surface area (Å²) in [6, 6.07) is -6.63. The van der Waals surface area contributed by atoms with Crippen molar-refractivity contribution in [3.05, 3.63) is 0 Å². The van der Waals surface area contributed by atoms with Crippen molar-refractivity contribution < 1.29 is 47.4 Å². The maximum absolute atomic E-state index is 13.2. The predicted molar refractivity (Wildman–Crippen MR) is 197 cm³/mol. The number of sulfonamides is 1. The van der Waals surface area contributed by atoms with Crippen LogP contribution in [0.2, 0.25) is 0 Å². The third-order valence-corrected chi connectivity index (χ3v) is 9.71. The monoisotopic (exact) mass is 763 g/mol. The van der Waals surface area contributed by atoms with Crippen molar-refractivity contribution in [2.45, 2.75) is 154 Å². The van der Waals surface area contributed by atoms with Gasteiger partial charge in [-0.1, -0.05) is 65.2 Å². The van der Waals surface area contributed by atoms with E-state index in [0.29, 0.717) is 32.4 Å². The van der Waals surface area contributed by atoms with Crippen LogP contribution in [0.4, 0.5) is 0 Å². The smallest absolute Gasteiger partial charge is 0.374 e. The minimum absolute atomic E-state index is 0.0970. The lowest BCUT2D eigenvalue weighted by atomic mass is 10.1. The summed E-state index contributed by atoms with van der Waals surface area (Å²) in [4.78, 5) is 74.9. The first kappa shape index (κ1) is 48.8. The molecule has 0 radical (unpaired) electrons. The number of nitrogens with one attached hydrogen (secondary N) is 6. The second-order valence-electron chi connectivity index (χ2n) is 13.2. The Morgan fingerprint density at radius 2 is 1.21 bits per heavy atom. The molecule has 0 spiro atoms. The van der Waals surface area contributed by atoms with E-state index in [0.717, 1.165) is 19.3 Å². The van der Waals surface area contributed by atoms with Crippen LogP contribution >= 0.6 is 0 Å². The van der Waals surface area contributed by atoms with Gasteiger partial charge < -0.3 is 42.5 Å². The lowest BCUT2D eigenvalue weighted by molar-refractivity contribution is -0.150. The Hall–Kier alpha value is -3.19. The number of Topliss-reactive ketones (excluding diaryl/α,β-unsaturated/α-hetero) is 1. The van der Waals surface area contributed by atoms with Crippen molar-refractivity contribution in [3.8, 4) is 0 Å². The van der Waals surface area contributed by atoms with Crippen LogP contribution < -0.4 is 37.0 Å². The molecule has 0 rings (SSSR count). The van der Waals surface area contributed by atoms with E-state index in [-0.39, 0.29) is 25.1 Å². The first-order valence-electron chi connectivity index (χ1n) is 18.6. The molecular weight excluding hydrogens is 698 g/mol. The van der Waals surface area contributed by atoms with Gasteiger partial charge in [0.2, 0.25) is 33.7 Å². The summed E-state index contributed by atoms with van der Waals surface area (Å²) < 4.78 is 28.0. The lowest BCUT2D eigenvalue weighted by Crippen LogP contribution is -2.60. The fourth-order valence-corrected chi connectivity index (χ4v) is 6.36. The van der Waals surface area contributed by atoms with Crippen LogP contribution in [0, 0.1) is 0 Å². The minimum Gasteiger partial charge on any atom is -0.475 e. The molecular formula is C34H65N7O10S. The molecule has 0 bridgehead atoms. The number of aliphatic hydroxyl groups excluding tert-OH is 1. The molecule has 0 fully saturated rings. The number of carboxylic acid groups (broad SMARTS) is 1. The van der Waals surface area contributed by atoms with Crippen LogP contribution in [0.25, 0.3) is 0 Å². The molecule has 10 N–H and O–H groups in total. The molecule has 0 heterocycles. The normalized spacial score (nSPS) is 15.0. The largest absolute Gasteiger partial charge is 0.475 e. The zero-order valence-electron chi connectivity index (χ0n) is 31.6. The molecule has 0 aliphatic heterocycles. The van der Waals surface area contributed by atoms with Gasteiger partial charge in [0.25, 0.3) is 5.78 Å². The Labute approximate surface area is 309 Å². The molecule has 52 heavy (non-hydrogen) atoms. The molecule has 0 aromatic rings. The fraction of sp³-hybridized carbons (Fsp3) is 0.824. The van der Waals surface area contributed by atoms with E-state index in [2.05, 4.69) is 38.2 Å². The van der Waals surface area contributed by atoms with Gasteiger partial charge in [0.15, 0.2) is 0 Å². The summed E-state index contributed by atoms with van der Waals surface area (Å²) >= 11 is 0. The maximum atomic E-state index is 13.2. The van der Waals surface area contributed by atoms with E-state index >= 15 is 0 Å². The molecule has 0 aromatic carbocycles. The summed E-state index contributed by atoms with van der Waals surface area (Å²) in [6.45, 7) is 8.86. The van der Waals surface area contributed by atoms with E-state index < -0.39 is 81.7 Å². The molecule has 0 aliphatic carbocycles. The number of carbonyl (C=O) groups excluding carboxylic acids is 5. The highest BCUT2D eigenvalue weighted by atomic mass is 32.2. The van der Waals surface area contributed by atoms with Gasteiger partial charge in [-0.25, -0.2) is 17.9 Å². The van der Waals surface area contributed by atoms with Crippen LogP contribution in [0.5, 0.6) is 0 Å². The summed E-state index contributed by atoms with van der Waals surface area (Å²) in [5.41, 5.74) is 5.52. The Balaban J connectivity index is 5.24. The topological polar surface area (TPSA) is 275 Å². The third-order valence-electron chi connectivity index (χ3n) is 8.33. The Kier molecular flexibility index (Phi) is 25.7. The van der Waals surface area contributed by atoms with E-state index in [1.54, 1.807) is 6.92 Å². The Morgan fingerprint density at radius 3 is 1.77 bits per heavy atom. The van der Waals surface area contributed by atoms with Crippen molar-refractivity contribution >= 4 is 45.4 Å². The average Bonchev–Trinajstić information content (AvgIpc) is 3.07. The number of carbonyl (C=O) groups is 6. The van der Waals surface area contributed by atoms with Crippen molar-refractivity contribution in [1.82, 2.24) is 31.3 Å². The van der Waals surface area contributed by atoms with Crippen molar-refractivity contribution in [3.63, 3.8) is 0 Å². The van der Waals surface area contributed by atoms with Crippen LogP contribution in [0.1, 0.15) is 118 Å². The highest BCUT2D eigenvalue weighted by Gasteiger charge is 2.33. The molecule has 0 unspecified atom stereocenters. The van der Waals surface area contributed by atoms with Gasteiger partial charge in [-0.2, -0.15) is 0 Å². The Morgan fingerprint density at radius 1 is 0.635 bits per heavy atom. The first-order valence-corrected chi connectivity index (χ1v) is 20.2. The molecule has 18 heteroatoms. The lowest BCUT2D eigenvalue weighted by Gasteiger charge is -2.26. The summed E-state index contributed by atoms with van der Waals surface area (Å²) in [6.07, 6.45) is 9.43. The van der Waals surface area contributed by atoms with Crippen molar-refractivity contribution in [2.75, 3.05) is 25.4 Å². The number of rotatable bonds is 31. The number of ketones is 1. The number of carboxylic acids is 1. The maximum Gasteiger partial charge on any atom is 0.374 e. The number of amides is 4. The number of hydrogen-bond acceptors (Lipinski definition) is 11. The van der Waals surface area contributed by atoms with E-state index in [4.69, 9.17) is 10.8 Å². The van der Waals surface area contributed by atoms with Gasteiger partial charge >= 0.3 is 5.97 Å². The molecule has 6 atom stereocenters. The molecule has 17 nitrogen and oxygen atoms in total. The minimum atomic E-state index is -3.89. The van der Waals surface area contributed by atoms with Gasteiger partial charge in [0.1, 0.15) is 24.2 Å². The Bertz CT molecular complexity index is 1220. The standard InChI is InChI=1S/C34H65N7O10S/c1-6-8-9-10-11-12-13-16-20-36-21-22-52(50,51)41-27(17-7-2)32(46)40-28(25(5)42)33(47)38-24(4)30(44)39-26(18-14-15-19-35)31(45)37-23(3)29(43)34(48)49/h23-28,36,41-42H,6-22,35H2,1-5H3,(H,37,45)(H,38,47)(H,39,44)(H,40,46)(H,48,49)/t23-,24-,25+,26-,27-,28-/m0/s1. The zero-order valence-corrected chi connectivity index (χ0v) is 32.4. The number of aliphatic hydroxyl groups is 1. The number of aliphatic carboxylic acids is 1. The highest BCUT2D eigenvalue weighted by Crippen LogP contribution is 2.08. The quantitative estimate of drug-likeness (QED) is 0.0332. The van der Waals surface area contributed by atoms with Crippen LogP contribution in [-0.2, 0) is 38.8 Å². The number of unbranched alkanes of at least 4 members (excludes halogenated alkanes) is 8. The van der Waals surface area contributed by atoms with Crippen LogP contribution in [0.3, 0.4) is 0 Å². The molecule has 302 valence electrons. The third kappa shape index (κ3) is 21.4. The SMILES string of the molecule is CCCCCCCCCCNCCS(=O)(=O)N[C@@H](CCC)C(=O)N[C@H](C(=O)N[C@@H](C)C(=O)N[C@@H](CCCCN)C(=O)N[C@@H](C)C(=O)C(=O)O)[C@@H](C)O. The second-order valence-corrected chi connectivity index (χ2v) is 15.1. The molecule has 0 aromatic heterocycles. The average molecular weight is 764 g/mol. The van der Waals surface area contributed by atoms with Crippen molar-refractivity contribution in [2.24, 2.45) is 5.73 Å². The second kappa shape index (κ2) is 27.4. The van der Waals surface area contributed by atoms with Crippen LogP contribution in [-0.4, -0.2) is 116 Å². The highest BCUT2D eigenvalue weighted by molar-refractivity contribution is 7.89. The predicted octanol–water partition coefficient (Wildman–Crippen LogP) is -0.0527. The summed E-state index contributed by atoms with van der Waals surface area (Å²) in [5.74, 6) is -6.66. The van der Waals surface area contributed by atoms with Gasteiger partial charge in [-0.05, 0) is 66.0 Å². The van der Waals surface area contributed by atoms with Gasteiger partial charge in [-0.3, -0.25) is 24.0 Å². The summed E-state index contributed by atoms with van der Waals surface area (Å²) in [5, 5.41) is 31.9. The molecule has 0 saturated heterocycles. The summed E-state index contributed by atoms with van der Waals surface area (Å²) in [7, 11) is -3.89. The molecule has 0 saturated carbocycles. The fourth-order valence-electron chi connectivity index (χ4n) is 5.17. The molecule has 0 aliphatic rings. The van der Waals surface area contributed by atoms with E-state index in [1.165, 1.54) is 52.9 Å². The van der Waals surface area contributed by atoms with Crippen molar-refractivity contribution in [1.29, 1.82) is 0 Å². The zero-order chi connectivity index (χ0) is 39.7. The number of nitrogens with two attached hydrogens (primary N) is 1. The van der Waals surface area contributed by atoms with Gasteiger partial charge in [0.05, 0.1) is 17.9 Å². The first-order chi connectivity index (χ1) is 24.5. The van der Waals surface area contributed by atoms with Gasteiger partial charge in [-0.15, -0.1) is 0 Å². The van der Waals surface area contributed by atoms with Gasteiger partial charge in [0, 0.05) is 6.54 Å².